The Labute approximate surface area is 110 Å². The number of carbonyl (C=O) groups is 1. The summed E-state index contributed by atoms with van der Waals surface area (Å²) in [6, 6.07) is 8.34. The van der Waals surface area contributed by atoms with Crippen molar-refractivity contribution in [1.82, 2.24) is 0 Å². The van der Waals surface area contributed by atoms with E-state index in [1.807, 2.05) is 19.1 Å². The minimum absolute atomic E-state index is 0.236. The van der Waals surface area contributed by atoms with Gasteiger partial charge in [0.15, 0.2) is 0 Å². The van der Waals surface area contributed by atoms with Crippen molar-refractivity contribution in [2.45, 2.75) is 26.7 Å². The van der Waals surface area contributed by atoms with Gasteiger partial charge >= 0.3 is 0 Å². The van der Waals surface area contributed by atoms with Crippen LogP contribution >= 0.6 is 0 Å². The third-order valence-electron chi connectivity index (χ3n) is 2.70. The Balaban J connectivity index is 2.83. The first-order valence-corrected chi connectivity index (χ1v) is 6.21. The fourth-order valence-electron chi connectivity index (χ4n) is 1.74. The van der Waals surface area contributed by atoms with Gasteiger partial charge in [0, 0.05) is 6.42 Å². The molecule has 0 heterocycles. The van der Waals surface area contributed by atoms with Crippen LogP contribution in [0, 0.1) is 0 Å². The number of benzene rings is 1. The standard InChI is InChI=1S/C17H20O/c1-4-6-16(7-5-2)17-12-10-15(11-13-17)9-8-14(3)18/h4-7,10-13H,1,8-9H2,2-3H3/b7-5-,16-6+. The van der Waals surface area contributed by atoms with Crippen molar-refractivity contribution in [3.8, 4) is 0 Å². The summed E-state index contributed by atoms with van der Waals surface area (Å²) in [6.07, 6.45) is 9.29. The maximum absolute atomic E-state index is 10.9. The van der Waals surface area contributed by atoms with E-state index in [4.69, 9.17) is 0 Å². The molecule has 94 valence electrons. The van der Waals surface area contributed by atoms with Crippen molar-refractivity contribution >= 4 is 11.4 Å². The van der Waals surface area contributed by atoms with E-state index in [0.29, 0.717) is 6.42 Å². The summed E-state index contributed by atoms with van der Waals surface area (Å²) >= 11 is 0. The molecule has 1 aromatic carbocycles. The third kappa shape index (κ3) is 4.54. The number of rotatable bonds is 6. The van der Waals surface area contributed by atoms with Gasteiger partial charge in [-0.3, -0.25) is 0 Å². The molecule has 0 aliphatic carbocycles. The van der Waals surface area contributed by atoms with Crippen molar-refractivity contribution in [3.63, 3.8) is 0 Å². The molecule has 0 aliphatic heterocycles. The van der Waals surface area contributed by atoms with Crippen molar-refractivity contribution < 1.29 is 4.79 Å². The van der Waals surface area contributed by atoms with Crippen molar-refractivity contribution in [3.05, 3.63) is 66.3 Å². The van der Waals surface area contributed by atoms with Crippen LogP contribution in [0.25, 0.3) is 5.57 Å². The SMILES string of the molecule is C=C/C=C(\C=C/C)c1ccc(CCC(C)=O)cc1. The molecule has 0 aromatic heterocycles. The lowest BCUT2D eigenvalue weighted by Gasteiger charge is -2.04. The lowest BCUT2D eigenvalue weighted by atomic mass is 10.0. The quantitative estimate of drug-likeness (QED) is 0.675. The summed E-state index contributed by atoms with van der Waals surface area (Å²) in [5, 5.41) is 0. The summed E-state index contributed by atoms with van der Waals surface area (Å²) in [6.45, 7) is 7.36. The summed E-state index contributed by atoms with van der Waals surface area (Å²) < 4.78 is 0. The van der Waals surface area contributed by atoms with Gasteiger partial charge in [-0.2, -0.15) is 0 Å². The normalized spacial score (nSPS) is 11.8. The molecule has 0 amide bonds. The van der Waals surface area contributed by atoms with Gasteiger partial charge in [-0.05, 0) is 37.0 Å². The van der Waals surface area contributed by atoms with Crippen LogP contribution in [0.15, 0.2) is 55.1 Å². The van der Waals surface area contributed by atoms with Crippen LogP contribution in [0.5, 0.6) is 0 Å². The van der Waals surface area contributed by atoms with Gasteiger partial charge in [-0.1, -0.05) is 55.1 Å². The first kappa shape index (κ1) is 14.2. The molecule has 0 saturated carbocycles. The molecule has 1 rings (SSSR count). The largest absolute Gasteiger partial charge is 0.300 e. The summed E-state index contributed by atoms with van der Waals surface area (Å²) in [5.74, 6) is 0.236. The van der Waals surface area contributed by atoms with Crippen molar-refractivity contribution in [2.24, 2.45) is 0 Å². The van der Waals surface area contributed by atoms with Crippen LogP contribution in [0.2, 0.25) is 0 Å². The van der Waals surface area contributed by atoms with E-state index in [1.54, 1.807) is 13.0 Å². The van der Waals surface area contributed by atoms with Crippen LogP contribution < -0.4 is 0 Å². The van der Waals surface area contributed by atoms with Crippen LogP contribution in [0.3, 0.4) is 0 Å². The van der Waals surface area contributed by atoms with E-state index in [1.165, 1.54) is 11.1 Å². The maximum Gasteiger partial charge on any atom is 0.130 e. The molecule has 18 heavy (non-hydrogen) atoms. The highest BCUT2D eigenvalue weighted by Crippen LogP contribution is 2.17. The van der Waals surface area contributed by atoms with Crippen molar-refractivity contribution in [2.75, 3.05) is 0 Å². The lowest BCUT2D eigenvalue weighted by Crippen LogP contribution is -1.94. The zero-order chi connectivity index (χ0) is 13.4. The Morgan fingerprint density at radius 1 is 1.28 bits per heavy atom. The zero-order valence-electron chi connectivity index (χ0n) is 11.1. The predicted octanol–water partition coefficient (Wildman–Crippen LogP) is 4.35. The number of allylic oxidation sites excluding steroid dienone is 5. The summed E-state index contributed by atoms with van der Waals surface area (Å²) in [7, 11) is 0. The molecule has 0 bridgehead atoms. The maximum atomic E-state index is 10.9. The van der Waals surface area contributed by atoms with Gasteiger partial charge < -0.3 is 4.79 Å². The fraction of sp³-hybridized carbons (Fsp3) is 0.235. The predicted molar refractivity (Wildman–Crippen MR) is 78.4 cm³/mol. The second-order valence-corrected chi connectivity index (χ2v) is 4.26. The number of hydrogen-bond donors (Lipinski definition) is 0. The monoisotopic (exact) mass is 240 g/mol. The van der Waals surface area contributed by atoms with Gasteiger partial charge in [0.2, 0.25) is 0 Å². The first-order chi connectivity index (χ1) is 8.67. The topological polar surface area (TPSA) is 17.1 Å². The molecule has 0 aliphatic rings. The Morgan fingerprint density at radius 3 is 2.44 bits per heavy atom. The van der Waals surface area contributed by atoms with E-state index in [0.717, 1.165) is 12.0 Å². The number of carbonyl (C=O) groups excluding carboxylic acids is 1. The second-order valence-electron chi connectivity index (χ2n) is 4.26. The van der Waals surface area contributed by atoms with Crippen molar-refractivity contribution in [1.29, 1.82) is 0 Å². The van der Waals surface area contributed by atoms with E-state index >= 15 is 0 Å². The second kappa shape index (κ2) is 7.44. The lowest BCUT2D eigenvalue weighted by molar-refractivity contribution is -0.116. The van der Waals surface area contributed by atoms with E-state index in [9.17, 15) is 4.79 Å². The molecule has 0 saturated heterocycles. The minimum Gasteiger partial charge on any atom is -0.300 e. The van der Waals surface area contributed by atoms with Crippen LogP contribution in [-0.4, -0.2) is 5.78 Å². The number of aryl methyl sites for hydroxylation is 1. The molecule has 0 spiro atoms. The molecule has 1 nitrogen and oxygen atoms in total. The van der Waals surface area contributed by atoms with E-state index in [2.05, 4.69) is 36.9 Å². The summed E-state index contributed by atoms with van der Waals surface area (Å²) in [4.78, 5) is 10.9. The highest BCUT2D eigenvalue weighted by molar-refractivity contribution is 5.76. The molecule has 0 unspecified atom stereocenters. The smallest absolute Gasteiger partial charge is 0.130 e. The van der Waals surface area contributed by atoms with E-state index in [-0.39, 0.29) is 5.78 Å². The number of ketones is 1. The highest BCUT2D eigenvalue weighted by Gasteiger charge is 1.99. The van der Waals surface area contributed by atoms with Crippen LogP contribution in [0.4, 0.5) is 0 Å². The molecule has 1 aromatic rings. The minimum atomic E-state index is 0.236. The number of Topliss-reactive ketones (excluding diaryl/α,β-unsaturated/α-hetero) is 1. The van der Waals surface area contributed by atoms with Gasteiger partial charge in [0.05, 0.1) is 0 Å². The van der Waals surface area contributed by atoms with Crippen LogP contribution in [-0.2, 0) is 11.2 Å². The highest BCUT2D eigenvalue weighted by atomic mass is 16.1. The first-order valence-electron chi connectivity index (χ1n) is 6.21. The molecule has 0 fully saturated rings. The Bertz CT molecular complexity index is 461. The van der Waals surface area contributed by atoms with Crippen LogP contribution in [0.1, 0.15) is 31.4 Å². The molecular weight excluding hydrogens is 220 g/mol. The average molecular weight is 240 g/mol. The molecule has 1 heteroatoms. The van der Waals surface area contributed by atoms with Gasteiger partial charge in [-0.15, -0.1) is 0 Å². The molecule has 0 radical (unpaired) electrons. The Hall–Kier alpha value is -1.89. The summed E-state index contributed by atoms with van der Waals surface area (Å²) in [5.41, 5.74) is 3.51. The van der Waals surface area contributed by atoms with Gasteiger partial charge in [0.1, 0.15) is 5.78 Å². The van der Waals surface area contributed by atoms with E-state index < -0.39 is 0 Å². The Morgan fingerprint density at radius 2 is 1.94 bits per heavy atom. The average Bonchev–Trinajstić information content (AvgIpc) is 2.37. The molecule has 0 N–H and O–H groups in total. The molecular formula is C17H20O. The molecule has 0 atom stereocenters. The fourth-order valence-corrected chi connectivity index (χ4v) is 1.74. The zero-order valence-corrected chi connectivity index (χ0v) is 11.1. The van der Waals surface area contributed by atoms with Gasteiger partial charge in [0.25, 0.3) is 0 Å². The third-order valence-corrected chi connectivity index (χ3v) is 2.70. The Kier molecular flexibility index (Phi) is 5.86. The number of hydrogen-bond acceptors (Lipinski definition) is 1. The van der Waals surface area contributed by atoms with Gasteiger partial charge in [-0.25, -0.2) is 0 Å².